The summed E-state index contributed by atoms with van der Waals surface area (Å²) in [6, 6.07) is 15.1. The van der Waals surface area contributed by atoms with Crippen LogP contribution in [-0.2, 0) is 6.54 Å². The van der Waals surface area contributed by atoms with Crippen LogP contribution in [0.15, 0.2) is 67.1 Å². The van der Waals surface area contributed by atoms with Crippen LogP contribution in [-0.4, -0.2) is 51.7 Å². The Morgan fingerprint density at radius 1 is 1.03 bits per heavy atom. The van der Waals surface area contributed by atoms with E-state index in [-0.39, 0.29) is 5.82 Å². The average Bonchev–Trinajstić information content (AvgIpc) is 3.19. The number of benzene rings is 1. The van der Waals surface area contributed by atoms with Crippen LogP contribution >= 0.6 is 0 Å². The standard InChI is InChI=1S/C24H25FN6/c25-20-4-2-19(3-5-20)24-23(18-7-9-27-10-8-18)22-6-1-17(16-31(22)29-24)15-30-12-11-28-14-21(30)13-26/h1-10,16,21,28H,11-15,26H2/t21-/m1/s1. The summed E-state index contributed by atoms with van der Waals surface area (Å²) in [6.45, 7) is 4.33. The molecule has 0 aliphatic carbocycles. The average molecular weight is 417 g/mol. The molecule has 1 aliphatic rings. The Bertz CT molecular complexity index is 1170. The molecule has 1 fully saturated rings. The van der Waals surface area contributed by atoms with Gasteiger partial charge in [0.05, 0.1) is 5.52 Å². The van der Waals surface area contributed by atoms with Gasteiger partial charge in [-0.05, 0) is 53.6 Å². The predicted octanol–water partition coefficient (Wildman–Crippen LogP) is 2.93. The van der Waals surface area contributed by atoms with E-state index in [0.29, 0.717) is 12.6 Å². The molecule has 0 unspecified atom stereocenters. The fourth-order valence-corrected chi connectivity index (χ4v) is 4.28. The molecule has 0 amide bonds. The molecule has 4 aromatic rings. The number of halogens is 1. The van der Waals surface area contributed by atoms with E-state index in [9.17, 15) is 4.39 Å². The number of fused-ring (bicyclic) bond motifs is 1. The highest BCUT2D eigenvalue weighted by atomic mass is 19.1. The number of nitrogens with one attached hydrogen (secondary N) is 1. The molecule has 7 heteroatoms. The van der Waals surface area contributed by atoms with Crippen LogP contribution in [0.2, 0.25) is 0 Å². The highest BCUT2D eigenvalue weighted by molar-refractivity contribution is 5.92. The van der Waals surface area contributed by atoms with Crippen molar-refractivity contribution in [1.29, 1.82) is 0 Å². The molecule has 158 valence electrons. The van der Waals surface area contributed by atoms with Crippen molar-refractivity contribution >= 4 is 5.52 Å². The van der Waals surface area contributed by atoms with E-state index >= 15 is 0 Å². The van der Waals surface area contributed by atoms with E-state index in [2.05, 4.69) is 33.5 Å². The van der Waals surface area contributed by atoms with Crippen LogP contribution in [0.3, 0.4) is 0 Å². The third-order valence-electron chi connectivity index (χ3n) is 5.91. The molecule has 0 spiro atoms. The minimum absolute atomic E-state index is 0.259. The molecule has 31 heavy (non-hydrogen) atoms. The second-order valence-corrected chi connectivity index (χ2v) is 7.90. The number of piperazine rings is 1. The van der Waals surface area contributed by atoms with E-state index in [0.717, 1.165) is 54.1 Å². The largest absolute Gasteiger partial charge is 0.329 e. The highest BCUT2D eigenvalue weighted by Crippen LogP contribution is 2.35. The molecule has 3 N–H and O–H groups in total. The Labute approximate surface area is 180 Å². The van der Waals surface area contributed by atoms with Gasteiger partial charge in [-0.15, -0.1) is 0 Å². The van der Waals surface area contributed by atoms with E-state index in [1.165, 1.54) is 17.7 Å². The van der Waals surface area contributed by atoms with E-state index in [1.54, 1.807) is 24.5 Å². The Kier molecular flexibility index (Phi) is 5.46. The number of hydrogen-bond donors (Lipinski definition) is 2. The lowest BCUT2D eigenvalue weighted by atomic mass is 10.0. The van der Waals surface area contributed by atoms with Crippen LogP contribution in [0.1, 0.15) is 5.56 Å². The van der Waals surface area contributed by atoms with Gasteiger partial charge in [0.1, 0.15) is 11.5 Å². The number of nitrogens with two attached hydrogens (primary N) is 1. The van der Waals surface area contributed by atoms with Crippen LogP contribution in [0.25, 0.3) is 27.9 Å². The van der Waals surface area contributed by atoms with Crippen LogP contribution < -0.4 is 11.1 Å². The molecule has 1 saturated heterocycles. The number of hydrogen-bond acceptors (Lipinski definition) is 5. The zero-order valence-corrected chi connectivity index (χ0v) is 17.2. The molecule has 0 saturated carbocycles. The van der Waals surface area contributed by atoms with Crippen molar-refractivity contribution in [3.63, 3.8) is 0 Å². The quantitative estimate of drug-likeness (QED) is 0.523. The predicted molar refractivity (Wildman–Crippen MR) is 120 cm³/mol. The third kappa shape index (κ3) is 3.95. The van der Waals surface area contributed by atoms with Crippen molar-refractivity contribution < 1.29 is 4.39 Å². The molecule has 0 bridgehead atoms. The van der Waals surface area contributed by atoms with Crippen LogP contribution in [0.5, 0.6) is 0 Å². The van der Waals surface area contributed by atoms with Gasteiger partial charge in [0.15, 0.2) is 0 Å². The molecule has 0 radical (unpaired) electrons. The Hall–Kier alpha value is -3.13. The molecule has 1 aliphatic heterocycles. The number of rotatable bonds is 5. The summed E-state index contributed by atoms with van der Waals surface area (Å²) in [6.07, 6.45) is 5.64. The Balaban J connectivity index is 1.58. The number of nitrogens with zero attached hydrogens (tertiary/aromatic N) is 4. The number of pyridine rings is 2. The summed E-state index contributed by atoms with van der Waals surface area (Å²) in [5, 5.41) is 8.31. The lowest BCUT2D eigenvalue weighted by Gasteiger charge is -2.35. The van der Waals surface area contributed by atoms with E-state index in [1.807, 2.05) is 16.6 Å². The van der Waals surface area contributed by atoms with E-state index in [4.69, 9.17) is 10.8 Å². The Morgan fingerprint density at radius 3 is 2.61 bits per heavy atom. The molecule has 3 aromatic heterocycles. The summed E-state index contributed by atoms with van der Waals surface area (Å²) >= 11 is 0. The molecule has 5 rings (SSSR count). The Morgan fingerprint density at radius 2 is 1.84 bits per heavy atom. The maximum Gasteiger partial charge on any atom is 0.123 e. The highest BCUT2D eigenvalue weighted by Gasteiger charge is 2.22. The van der Waals surface area contributed by atoms with Gasteiger partial charge in [-0.2, -0.15) is 5.10 Å². The molecular formula is C24H25FN6. The van der Waals surface area contributed by atoms with E-state index < -0.39 is 0 Å². The SMILES string of the molecule is NC[C@@H]1CNCCN1Cc1ccc2c(-c3ccncc3)c(-c3ccc(F)cc3)nn2c1. The summed E-state index contributed by atoms with van der Waals surface area (Å²) in [5.41, 5.74) is 11.9. The first-order valence-corrected chi connectivity index (χ1v) is 10.6. The summed E-state index contributed by atoms with van der Waals surface area (Å²) in [7, 11) is 0. The van der Waals surface area contributed by atoms with Crippen molar-refractivity contribution in [3.8, 4) is 22.4 Å². The maximum absolute atomic E-state index is 13.5. The second-order valence-electron chi connectivity index (χ2n) is 7.90. The fourth-order valence-electron chi connectivity index (χ4n) is 4.28. The van der Waals surface area contributed by atoms with Gasteiger partial charge in [-0.3, -0.25) is 9.88 Å². The van der Waals surface area contributed by atoms with Crippen LogP contribution in [0.4, 0.5) is 4.39 Å². The molecular weight excluding hydrogens is 391 g/mol. The molecule has 1 aromatic carbocycles. The van der Waals surface area contributed by atoms with Gasteiger partial charge in [-0.1, -0.05) is 6.07 Å². The minimum Gasteiger partial charge on any atom is -0.329 e. The van der Waals surface area contributed by atoms with Gasteiger partial charge in [-0.25, -0.2) is 8.91 Å². The van der Waals surface area contributed by atoms with Crippen LogP contribution in [0, 0.1) is 5.82 Å². The second kappa shape index (κ2) is 8.55. The first-order valence-electron chi connectivity index (χ1n) is 10.6. The third-order valence-corrected chi connectivity index (χ3v) is 5.91. The first kappa shape index (κ1) is 19.8. The van der Waals surface area contributed by atoms with Gasteiger partial charge in [0.2, 0.25) is 0 Å². The molecule has 4 heterocycles. The molecule has 6 nitrogen and oxygen atoms in total. The minimum atomic E-state index is -0.259. The zero-order chi connectivity index (χ0) is 21.2. The summed E-state index contributed by atoms with van der Waals surface area (Å²) in [5.74, 6) is -0.259. The van der Waals surface area contributed by atoms with Gasteiger partial charge >= 0.3 is 0 Å². The smallest absolute Gasteiger partial charge is 0.123 e. The van der Waals surface area contributed by atoms with Crippen molar-refractivity contribution in [2.24, 2.45) is 5.73 Å². The van der Waals surface area contributed by atoms with Gasteiger partial charge < -0.3 is 11.1 Å². The maximum atomic E-state index is 13.5. The van der Waals surface area contributed by atoms with Crippen molar-refractivity contribution in [2.75, 3.05) is 26.2 Å². The van der Waals surface area contributed by atoms with Gasteiger partial charge in [0, 0.05) is 68.5 Å². The van der Waals surface area contributed by atoms with Gasteiger partial charge in [0.25, 0.3) is 0 Å². The molecule has 1 atom stereocenters. The monoisotopic (exact) mass is 416 g/mol. The van der Waals surface area contributed by atoms with Crippen molar-refractivity contribution in [2.45, 2.75) is 12.6 Å². The normalized spacial score (nSPS) is 17.3. The zero-order valence-electron chi connectivity index (χ0n) is 17.2. The lowest BCUT2D eigenvalue weighted by molar-refractivity contribution is 0.157. The first-order chi connectivity index (χ1) is 15.2. The summed E-state index contributed by atoms with van der Waals surface area (Å²) < 4.78 is 15.4. The fraction of sp³-hybridized carbons (Fsp3) is 0.250. The number of aromatic nitrogens is 3. The topological polar surface area (TPSA) is 71.5 Å². The lowest BCUT2D eigenvalue weighted by Crippen LogP contribution is -2.53. The van der Waals surface area contributed by atoms with Crippen molar-refractivity contribution in [3.05, 3.63) is 78.5 Å². The summed E-state index contributed by atoms with van der Waals surface area (Å²) in [4.78, 5) is 6.57. The van der Waals surface area contributed by atoms with Crippen molar-refractivity contribution in [1.82, 2.24) is 24.8 Å².